The predicted molar refractivity (Wildman–Crippen MR) is 42.5 cm³/mol. The maximum atomic E-state index is 12.2. The molecule has 0 radical (unpaired) electrons. The van der Waals surface area contributed by atoms with E-state index in [0.29, 0.717) is 0 Å². The molecule has 0 aliphatic carbocycles. The zero-order chi connectivity index (χ0) is 10.8. The first kappa shape index (κ1) is 10.7. The van der Waals surface area contributed by atoms with Gasteiger partial charge in [-0.25, -0.2) is 0 Å². The molecule has 0 aliphatic rings. The first-order valence-corrected chi connectivity index (χ1v) is 4.42. The van der Waals surface area contributed by atoms with E-state index >= 15 is 0 Å². The van der Waals surface area contributed by atoms with Gasteiger partial charge in [0, 0.05) is 0 Å². The summed E-state index contributed by atoms with van der Waals surface area (Å²) in [4.78, 5) is 0. The Morgan fingerprint density at radius 2 is 1.71 bits per heavy atom. The molecule has 0 saturated heterocycles. The number of hydrogen-bond acceptors (Lipinski definition) is 3. The standard InChI is InChI=1S/C7H4F3NO2S/c8-7(9,10)5-3-1-2-4-6(5)11-14(12)13/h1-4H. The van der Waals surface area contributed by atoms with E-state index in [1.165, 1.54) is 6.07 Å². The summed E-state index contributed by atoms with van der Waals surface area (Å²) in [7, 11) is -2.89. The molecule has 1 aromatic rings. The minimum Gasteiger partial charge on any atom is -0.166 e. The van der Waals surface area contributed by atoms with Crippen LogP contribution in [0.4, 0.5) is 18.9 Å². The van der Waals surface area contributed by atoms with Crippen LogP contribution in [0.25, 0.3) is 0 Å². The molecule has 0 bridgehead atoms. The molecule has 0 fully saturated rings. The maximum absolute atomic E-state index is 12.2. The summed E-state index contributed by atoms with van der Waals surface area (Å²) in [6.45, 7) is 0. The predicted octanol–water partition coefficient (Wildman–Crippen LogP) is 2.40. The van der Waals surface area contributed by atoms with Crippen LogP contribution in [0.2, 0.25) is 0 Å². The average molecular weight is 223 g/mol. The molecule has 0 aliphatic heterocycles. The van der Waals surface area contributed by atoms with Crippen molar-refractivity contribution in [3.05, 3.63) is 29.8 Å². The van der Waals surface area contributed by atoms with Crippen LogP contribution >= 0.6 is 0 Å². The Labute approximate surface area is 78.9 Å². The Bertz CT molecular complexity index is 456. The van der Waals surface area contributed by atoms with Crippen molar-refractivity contribution in [1.29, 1.82) is 0 Å². The minimum absolute atomic E-state index is 0.603. The topological polar surface area (TPSA) is 46.5 Å². The molecule has 1 aromatic carbocycles. The van der Waals surface area contributed by atoms with Crippen molar-refractivity contribution in [2.75, 3.05) is 0 Å². The summed E-state index contributed by atoms with van der Waals surface area (Å²) in [5.74, 6) is 0. The van der Waals surface area contributed by atoms with Gasteiger partial charge in [-0.2, -0.15) is 21.6 Å². The highest BCUT2D eigenvalue weighted by molar-refractivity contribution is 7.61. The summed E-state index contributed by atoms with van der Waals surface area (Å²) < 4.78 is 59.8. The summed E-state index contributed by atoms with van der Waals surface area (Å²) >= 11 is 0. The highest BCUT2D eigenvalue weighted by Crippen LogP contribution is 2.35. The third kappa shape index (κ3) is 2.56. The van der Waals surface area contributed by atoms with Crippen LogP contribution in [0.5, 0.6) is 0 Å². The fourth-order valence-electron chi connectivity index (χ4n) is 0.873. The highest BCUT2D eigenvalue weighted by Gasteiger charge is 2.33. The van der Waals surface area contributed by atoms with Crippen LogP contribution in [0.1, 0.15) is 5.56 Å². The van der Waals surface area contributed by atoms with E-state index in [9.17, 15) is 21.6 Å². The van der Waals surface area contributed by atoms with Gasteiger partial charge >= 0.3 is 16.7 Å². The molecule has 0 aromatic heterocycles. The second-order valence-electron chi connectivity index (χ2n) is 2.32. The Morgan fingerprint density at radius 3 is 2.21 bits per heavy atom. The number of hydrogen-bond donors (Lipinski definition) is 0. The van der Waals surface area contributed by atoms with Gasteiger partial charge in [-0.3, -0.25) is 0 Å². The largest absolute Gasteiger partial charge is 0.418 e. The van der Waals surface area contributed by atoms with Crippen LogP contribution < -0.4 is 0 Å². The van der Waals surface area contributed by atoms with Gasteiger partial charge < -0.3 is 0 Å². The number of alkyl halides is 3. The Hall–Kier alpha value is -1.37. The fourth-order valence-corrected chi connectivity index (χ4v) is 1.19. The number of nitrogens with zero attached hydrogens (tertiary/aromatic N) is 1. The van der Waals surface area contributed by atoms with Crippen molar-refractivity contribution in [3.63, 3.8) is 0 Å². The van der Waals surface area contributed by atoms with E-state index in [2.05, 4.69) is 4.36 Å². The third-order valence-corrected chi connectivity index (χ3v) is 1.73. The van der Waals surface area contributed by atoms with Crippen molar-refractivity contribution < 1.29 is 21.6 Å². The van der Waals surface area contributed by atoms with Crippen LogP contribution in [0, 0.1) is 0 Å². The van der Waals surface area contributed by atoms with E-state index in [4.69, 9.17) is 0 Å². The van der Waals surface area contributed by atoms with Crippen molar-refractivity contribution in [1.82, 2.24) is 0 Å². The van der Waals surface area contributed by atoms with Crippen molar-refractivity contribution in [2.24, 2.45) is 4.36 Å². The van der Waals surface area contributed by atoms with E-state index in [1.807, 2.05) is 0 Å². The summed E-state index contributed by atoms with van der Waals surface area (Å²) in [5.41, 5.74) is -1.67. The van der Waals surface area contributed by atoms with E-state index < -0.39 is 27.9 Å². The van der Waals surface area contributed by atoms with Gasteiger partial charge in [0.1, 0.15) is 0 Å². The lowest BCUT2D eigenvalue weighted by molar-refractivity contribution is -0.137. The van der Waals surface area contributed by atoms with Gasteiger partial charge in [0.15, 0.2) is 0 Å². The number of benzene rings is 1. The lowest BCUT2D eigenvalue weighted by atomic mass is 10.2. The molecule has 7 heteroatoms. The van der Waals surface area contributed by atoms with Gasteiger partial charge in [0.25, 0.3) is 0 Å². The molecular weight excluding hydrogens is 219 g/mol. The lowest BCUT2D eigenvalue weighted by Crippen LogP contribution is -2.04. The number of halogens is 3. The molecule has 76 valence electrons. The monoisotopic (exact) mass is 223 g/mol. The normalized spacial score (nSPS) is 11.1. The van der Waals surface area contributed by atoms with Crippen molar-refractivity contribution in [3.8, 4) is 0 Å². The Kier molecular flexibility index (Phi) is 2.90. The molecule has 0 spiro atoms. The van der Waals surface area contributed by atoms with Crippen molar-refractivity contribution in [2.45, 2.75) is 6.18 Å². The molecule has 14 heavy (non-hydrogen) atoms. The fraction of sp³-hybridized carbons (Fsp3) is 0.143. The molecule has 0 amide bonds. The molecule has 1 rings (SSSR count). The zero-order valence-electron chi connectivity index (χ0n) is 6.62. The van der Waals surface area contributed by atoms with Gasteiger partial charge in [0.2, 0.25) is 0 Å². The first-order chi connectivity index (χ1) is 6.41. The van der Waals surface area contributed by atoms with Gasteiger partial charge in [-0.1, -0.05) is 12.1 Å². The van der Waals surface area contributed by atoms with Crippen LogP contribution in [0.15, 0.2) is 28.6 Å². The molecule has 0 atom stereocenters. The van der Waals surface area contributed by atoms with Crippen LogP contribution in [-0.4, -0.2) is 8.42 Å². The second kappa shape index (κ2) is 3.79. The molecule has 3 nitrogen and oxygen atoms in total. The Balaban J connectivity index is 3.38. The van der Waals surface area contributed by atoms with Gasteiger partial charge in [-0.15, -0.1) is 4.36 Å². The molecule has 0 unspecified atom stereocenters. The molecular formula is C7H4F3NO2S. The smallest absolute Gasteiger partial charge is 0.166 e. The SMILES string of the molecule is O=S(=O)=Nc1ccccc1C(F)(F)F. The van der Waals surface area contributed by atoms with Gasteiger partial charge in [0.05, 0.1) is 11.3 Å². The van der Waals surface area contributed by atoms with Crippen molar-refractivity contribution >= 4 is 16.2 Å². The summed E-state index contributed by atoms with van der Waals surface area (Å²) in [6.07, 6.45) is -4.60. The average Bonchev–Trinajstić information content (AvgIpc) is 2.01. The Morgan fingerprint density at radius 1 is 1.14 bits per heavy atom. The van der Waals surface area contributed by atoms with Crippen LogP contribution in [-0.2, 0) is 16.7 Å². The van der Waals surface area contributed by atoms with E-state index in [0.717, 1.165) is 18.2 Å². The lowest BCUT2D eigenvalue weighted by Gasteiger charge is -2.07. The van der Waals surface area contributed by atoms with E-state index in [-0.39, 0.29) is 0 Å². The minimum atomic E-state index is -4.60. The molecule has 0 N–H and O–H groups in total. The summed E-state index contributed by atoms with van der Waals surface area (Å²) in [6, 6.07) is 4.20. The third-order valence-electron chi connectivity index (χ3n) is 1.38. The number of rotatable bonds is 1. The maximum Gasteiger partial charge on any atom is 0.418 e. The second-order valence-corrected chi connectivity index (χ2v) is 2.94. The van der Waals surface area contributed by atoms with Gasteiger partial charge in [-0.05, 0) is 12.1 Å². The quantitative estimate of drug-likeness (QED) is 0.733. The zero-order valence-corrected chi connectivity index (χ0v) is 7.43. The molecule has 0 heterocycles. The van der Waals surface area contributed by atoms with Crippen LogP contribution in [0.3, 0.4) is 0 Å². The van der Waals surface area contributed by atoms with E-state index in [1.54, 1.807) is 0 Å². The highest BCUT2D eigenvalue weighted by atomic mass is 32.2. The first-order valence-electron chi connectivity index (χ1n) is 3.38. The molecule has 0 saturated carbocycles. The summed E-state index contributed by atoms with van der Waals surface area (Å²) in [5, 5.41) is 0.